The van der Waals surface area contributed by atoms with Gasteiger partial charge in [-0.2, -0.15) is 0 Å². The molecule has 0 heterocycles. The van der Waals surface area contributed by atoms with Crippen LogP contribution in [0, 0.1) is 29.1 Å². The molecule has 4 aromatic carbocycles. The lowest BCUT2D eigenvalue weighted by molar-refractivity contribution is 0.360. The van der Waals surface area contributed by atoms with Crippen molar-refractivity contribution in [2.45, 2.75) is 26.2 Å². The highest BCUT2D eigenvalue weighted by molar-refractivity contribution is 5.89. The van der Waals surface area contributed by atoms with Crippen molar-refractivity contribution in [2.75, 3.05) is 7.11 Å². The monoisotopic (exact) mass is 456 g/mol. The average Bonchev–Trinajstić information content (AvgIpc) is 2.77. The van der Waals surface area contributed by atoms with Gasteiger partial charge in [0.05, 0.1) is 12.7 Å². The summed E-state index contributed by atoms with van der Waals surface area (Å²) in [5.41, 5.74) is 0.168. The number of unbranched alkanes of at least 4 members (excludes halogenated alkanes) is 1. The van der Waals surface area contributed by atoms with Crippen molar-refractivity contribution < 1.29 is 26.7 Å². The standard InChI is InChI=1S/C27H21F5O/c1-3-4-5-15-6-8-19-16(10-15)7-9-20(26(19)32)17-11-21(28)25(22(29)12-17)18-13-23(30)27(33-2)24(31)14-18/h6-14H,3-5H2,1-2H3. The molecule has 0 fully saturated rings. The second-order valence-electron chi connectivity index (χ2n) is 7.87. The maximum absolute atomic E-state index is 15.3. The molecule has 0 amide bonds. The number of ether oxygens (including phenoxy) is 1. The number of aryl methyl sites for hydroxylation is 1. The first kappa shape index (κ1) is 22.8. The van der Waals surface area contributed by atoms with Gasteiger partial charge in [0.2, 0.25) is 0 Å². The summed E-state index contributed by atoms with van der Waals surface area (Å²) >= 11 is 0. The van der Waals surface area contributed by atoms with E-state index in [0.29, 0.717) is 10.8 Å². The van der Waals surface area contributed by atoms with Crippen LogP contribution in [0.4, 0.5) is 22.0 Å². The number of rotatable bonds is 6. The fourth-order valence-electron chi connectivity index (χ4n) is 4.00. The molecular weight excluding hydrogens is 435 g/mol. The summed E-state index contributed by atoms with van der Waals surface area (Å²) in [6.07, 6.45) is 2.97. The first-order chi connectivity index (χ1) is 15.8. The van der Waals surface area contributed by atoms with Gasteiger partial charge in [-0.1, -0.05) is 43.7 Å². The van der Waals surface area contributed by atoms with E-state index in [-0.39, 0.29) is 16.7 Å². The van der Waals surface area contributed by atoms with Crippen molar-refractivity contribution in [2.24, 2.45) is 0 Å². The van der Waals surface area contributed by atoms with Crippen LogP contribution in [-0.2, 0) is 6.42 Å². The Morgan fingerprint density at radius 1 is 0.727 bits per heavy atom. The van der Waals surface area contributed by atoms with Crippen molar-refractivity contribution in [1.29, 1.82) is 0 Å². The van der Waals surface area contributed by atoms with Crippen LogP contribution in [0.3, 0.4) is 0 Å². The molecule has 0 saturated heterocycles. The van der Waals surface area contributed by atoms with E-state index in [4.69, 9.17) is 0 Å². The van der Waals surface area contributed by atoms with Gasteiger partial charge < -0.3 is 4.74 Å². The summed E-state index contributed by atoms with van der Waals surface area (Å²) in [5.74, 6) is -5.55. The minimum Gasteiger partial charge on any atom is -0.491 e. The summed E-state index contributed by atoms with van der Waals surface area (Å²) in [6, 6.07) is 12.1. The molecule has 1 nitrogen and oxygen atoms in total. The van der Waals surface area contributed by atoms with Crippen LogP contribution in [0.25, 0.3) is 33.0 Å². The predicted molar refractivity (Wildman–Crippen MR) is 120 cm³/mol. The van der Waals surface area contributed by atoms with E-state index in [1.165, 1.54) is 6.07 Å². The van der Waals surface area contributed by atoms with E-state index in [1.807, 2.05) is 12.1 Å². The highest BCUT2D eigenvalue weighted by Crippen LogP contribution is 2.36. The van der Waals surface area contributed by atoms with Gasteiger partial charge in [-0.05, 0) is 59.2 Å². The first-order valence-electron chi connectivity index (χ1n) is 10.6. The Morgan fingerprint density at radius 2 is 1.36 bits per heavy atom. The van der Waals surface area contributed by atoms with E-state index in [0.717, 1.165) is 56.2 Å². The lowest BCUT2D eigenvalue weighted by Crippen LogP contribution is -1.98. The lowest BCUT2D eigenvalue weighted by atomic mass is 9.95. The summed E-state index contributed by atoms with van der Waals surface area (Å²) in [6.45, 7) is 2.10. The third kappa shape index (κ3) is 4.30. The molecule has 0 atom stereocenters. The second kappa shape index (κ2) is 9.22. The summed E-state index contributed by atoms with van der Waals surface area (Å²) < 4.78 is 77.8. The van der Waals surface area contributed by atoms with Gasteiger partial charge in [0.1, 0.15) is 17.5 Å². The topological polar surface area (TPSA) is 9.23 Å². The normalized spacial score (nSPS) is 11.2. The maximum Gasteiger partial charge on any atom is 0.190 e. The van der Waals surface area contributed by atoms with Crippen molar-refractivity contribution in [3.8, 4) is 28.0 Å². The number of halogens is 5. The van der Waals surface area contributed by atoms with Crippen LogP contribution in [-0.4, -0.2) is 7.11 Å². The zero-order chi connectivity index (χ0) is 23.7. The van der Waals surface area contributed by atoms with Gasteiger partial charge in [-0.25, -0.2) is 22.0 Å². The molecule has 0 aromatic heterocycles. The molecule has 33 heavy (non-hydrogen) atoms. The fraction of sp³-hybridized carbons (Fsp3) is 0.185. The molecule has 0 radical (unpaired) electrons. The molecule has 0 bridgehead atoms. The van der Waals surface area contributed by atoms with Gasteiger partial charge in [-0.15, -0.1) is 0 Å². The molecule has 0 unspecified atom stereocenters. The van der Waals surface area contributed by atoms with Gasteiger partial charge in [0.15, 0.2) is 17.4 Å². The fourth-order valence-corrected chi connectivity index (χ4v) is 4.00. The Balaban J connectivity index is 1.77. The molecule has 6 heteroatoms. The first-order valence-corrected chi connectivity index (χ1v) is 10.6. The number of methoxy groups -OCH3 is 1. The summed E-state index contributed by atoms with van der Waals surface area (Å²) in [7, 11) is 1.08. The highest BCUT2D eigenvalue weighted by Gasteiger charge is 2.20. The van der Waals surface area contributed by atoms with Crippen molar-refractivity contribution >= 4 is 10.8 Å². The predicted octanol–water partition coefficient (Wildman–Crippen LogP) is 8.22. The van der Waals surface area contributed by atoms with Gasteiger partial charge in [0.25, 0.3) is 0 Å². The number of fused-ring (bicyclic) bond motifs is 1. The van der Waals surface area contributed by atoms with Crippen molar-refractivity contribution in [1.82, 2.24) is 0 Å². The molecule has 0 spiro atoms. The number of hydrogen-bond acceptors (Lipinski definition) is 1. The molecule has 0 aliphatic carbocycles. The Kier molecular flexibility index (Phi) is 6.36. The van der Waals surface area contributed by atoms with Gasteiger partial charge in [-0.3, -0.25) is 0 Å². The van der Waals surface area contributed by atoms with E-state index < -0.39 is 40.4 Å². The lowest BCUT2D eigenvalue weighted by Gasteiger charge is -2.12. The zero-order valence-corrected chi connectivity index (χ0v) is 18.1. The molecule has 4 aromatic rings. The molecule has 0 aliphatic rings. The van der Waals surface area contributed by atoms with Crippen LogP contribution >= 0.6 is 0 Å². The molecule has 170 valence electrons. The number of benzene rings is 4. The quantitative estimate of drug-likeness (QED) is 0.266. The average molecular weight is 456 g/mol. The van der Waals surface area contributed by atoms with Crippen LogP contribution in [0.5, 0.6) is 5.75 Å². The third-order valence-electron chi connectivity index (χ3n) is 5.68. The van der Waals surface area contributed by atoms with E-state index in [1.54, 1.807) is 12.1 Å². The summed E-state index contributed by atoms with van der Waals surface area (Å²) in [4.78, 5) is 0. The van der Waals surface area contributed by atoms with Gasteiger partial charge >= 0.3 is 0 Å². The minimum absolute atomic E-state index is 0.0161. The van der Waals surface area contributed by atoms with Crippen LogP contribution < -0.4 is 4.74 Å². The Hall–Kier alpha value is -3.41. The Bertz CT molecular complexity index is 1300. The van der Waals surface area contributed by atoms with Gasteiger partial charge in [0, 0.05) is 10.9 Å². The number of hydrogen-bond donors (Lipinski definition) is 0. The third-order valence-corrected chi connectivity index (χ3v) is 5.68. The largest absolute Gasteiger partial charge is 0.491 e. The molecule has 4 rings (SSSR count). The van der Waals surface area contributed by atoms with E-state index >= 15 is 4.39 Å². The molecule has 0 aliphatic heterocycles. The Morgan fingerprint density at radius 3 is 1.97 bits per heavy atom. The summed E-state index contributed by atoms with van der Waals surface area (Å²) in [5, 5.41) is 1.04. The highest BCUT2D eigenvalue weighted by atomic mass is 19.1. The SMILES string of the molecule is CCCCc1ccc2c(F)c(-c3cc(F)c(-c4cc(F)c(OC)c(F)c4)c(F)c3)ccc2c1. The maximum atomic E-state index is 15.3. The van der Waals surface area contributed by atoms with E-state index in [2.05, 4.69) is 11.7 Å². The van der Waals surface area contributed by atoms with Crippen molar-refractivity contribution in [3.05, 3.63) is 89.2 Å². The van der Waals surface area contributed by atoms with Crippen LogP contribution in [0.2, 0.25) is 0 Å². The smallest absolute Gasteiger partial charge is 0.190 e. The van der Waals surface area contributed by atoms with E-state index in [9.17, 15) is 17.6 Å². The van der Waals surface area contributed by atoms with Crippen LogP contribution in [0.1, 0.15) is 25.3 Å². The second-order valence-corrected chi connectivity index (χ2v) is 7.87. The zero-order valence-electron chi connectivity index (χ0n) is 18.1. The molecular formula is C27H21F5O. The minimum atomic E-state index is -1.09. The van der Waals surface area contributed by atoms with Crippen molar-refractivity contribution in [3.63, 3.8) is 0 Å². The Labute approximate surface area is 188 Å². The molecule has 0 N–H and O–H groups in total. The van der Waals surface area contributed by atoms with Crippen LogP contribution in [0.15, 0.2) is 54.6 Å². The molecule has 0 saturated carbocycles.